The maximum absolute atomic E-state index is 11.7. The van der Waals surface area contributed by atoms with E-state index in [1.54, 1.807) is 0 Å². The van der Waals surface area contributed by atoms with Crippen LogP contribution in [0.4, 0.5) is 0 Å². The molecule has 3 nitrogen and oxygen atoms in total. The molecule has 0 fully saturated rings. The van der Waals surface area contributed by atoms with Gasteiger partial charge in [0.05, 0.1) is 6.54 Å². The topological polar surface area (TPSA) is 52.3 Å². The lowest BCUT2D eigenvalue weighted by molar-refractivity contribution is -0.160. The summed E-state index contributed by atoms with van der Waals surface area (Å²) in [5.41, 5.74) is 7.75. The lowest BCUT2D eigenvalue weighted by Crippen LogP contribution is -2.33. The average Bonchev–Trinajstić information content (AvgIpc) is 2.60. The molecule has 2 N–H and O–H groups in total. The second-order valence-corrected chi connectivity index (χ2v) is 5.84. The van der Waals surface area contributed by atoms with Gasteiger partial charge in [0.1, 0.15) is 5.60 Å². The van der Waals surface area contributed by atoms with Gasteiger partial charge in [0.2, 0.25) is 0 Å². The molecule has 0 aliphatic carbocycles. The number of ether oxygens (including phenoxy) is 1. The molecule has 2 aromatic carbocycles. The summed E-state index contributed by atoms with van der Waals surface area (Å²) in [6, 6.07) is 15.7. The van der Waals surface area contributed by atoms with E-state index in [1.165, 1.54) is 0 Å². The van der Waals surface area contributed by atoms with Gasteiger partial charge in [-0.3, -0.25) is 4.79 Å². The fourth-order valence-electron chi connectivity index (χ4n) is 2.77. The first kappa shape index (κ1) is 17.5. The normalized spacial score (nSPS) is 11.3. The first-order valence-corrected chi connectivity index (χ1v) is 8.21. The van der Waals surface area contributed by atoms with Crippen LogP contribution in [-0.2, 0) is 15.1 Å². The Labute approximate surface area is 142 Å². The molecule has 4 heteroatoms. The number of esters is 1. The van der Waals surface area contributed by atoms with Crippen molar-refractivity contribution in [1.82, 2.24) is 0 Å². The number of carbonyl (C=O) groups is 1. The van der Waals surface area contributed by atoms with E-state index in [9.17, 15) is 4.79 Å². The molecule has 0 saturated heterocycles. The van der Waals surface area contributed by atoms with E-state index in [0.717, 1.165) is 16.7 Å². The molecule has 0 saturated carbocycles. The van der Waals surface area contributed by atoms with Crippen LogP contribution in [0, 0.1) is 0 Å². The van der Waals surface area contributed by atoms with Crippen LogP contribution in [0.1, 0.15) is 32.3 Å². The molecule has 0 aromatic heterocycles. The summed E-state index contributed by atoms with van der Waals surface area (Å²) in [7, 11) is 0. The summed E-state index contributed by atoms with van der Waals surface area (Å²) in [4.78, 5) is 11.7. The van der Waals surface area contributed by atoms with Gasteiger partial charge in [0, 0.05) is 10.6 Å². The monoisotopic (exact) mass is 331 g/mol. The number of hydrogen-bond donors (Lipinski definition) is 1. The molecule has 2 aromatic rings. The van der Waals surface area contributed by atoms with Crippen molar-refractivity contribution in [2.45, 2.75) is 32.3 Å². The van der Waals surface area contributed by atoms with E-state index in [4.69, 9.17) is 22.1 Å². The molecule has 0 amide bonds. The number of nitrogens with two attached hydrogens (primary N) is 1. The molecule has 0 aliphatic heterocycles. The Kier molecular flexibility index (Phi) is 5.80. The van der Waals surface area contributed by atoms with Gasteiger partial charge in [-0.15, -0.1) is 0 Å². The van der Waals surface area contributed by atoms with Gasteiger partial charge >= 0.3 is 5.97 Å². The van der Waals surface area contributed by atoms with Gasteiger partial charge in [-0.1, -0.05) is 67.9 Å². The minimum absolute atomic E-state index is 0.112. The SMILES string of the molecule is CCC(CC)(OC(=O)CN)c1ccc(-c2ccccc2Cl)cc1. The summed E-state index contributed by atoms with van der Waals surface area (Å²) in [5, 5.41) is 0.715. The molecule has 0 aliphatic rings. The van der Waals surface area contributed by atoms with Crippen molar-refractivity contribution in [2.75, 3.05) is 6.54 Å². The molecular formula is C19H22ClNO2. The van der Waals surface area contributed by atoms with E-state index < -0.39 is 5.60 Å². The third kappa shape index (κ3) is 3.74. The van der Waals surface area contributed by atoms with Crippen LogP contribution in [0.2, 0.25) is 5.02 Å². The fraction of sp³-hybridized carbons (Fsp3) is 0.316. The number of benzene rings is 2. The predicted octanol–water partition coefficient (Wildman–Crippen LogP) is 4.52. The standard InChI is InChI=1S/C19H22ClNO2/c1-3-19(4-2,23-18(22)13-21)15-11-9-14(10-12-15)16-7-5-6-8-17(16)20/h5-12H,3-4,13,21H2,1-2H3. The van der Waals surface area contributed by atoms with E-state index in [2.05, 4.69) is 0 Å². The van der Waals surface area contributed by atoms with E-state index in [1.807, 2.05) is 62.4 Å². The zero-order valence-electron chi connectivity index (χ0n) is 13.5. The highest BCUT2D eigenvalue weighted by molar-refractivity contribution is 6.33. The van der Waals surface area contributed by atoms with Gasteiger partial charge in [0.15, 0.2) is 0 Å². The molecule has 2 rings (SSSR count). The Morgan fingerprint density at radius 1 is 1.09 bits per heavy atom. The van der Waals surface area contributed by atoms with E-state index in [0.29, 0.717) is 17.9 Å². The smallest absolute Gasteiger partial charge is 0.320 e. The van der Waals surface area contributed by atoms with Gasteiger partial charge in [-0.05, 0) is 30.0 Å². The molecule has 0 atom stereocenters. The number of carbonyl (C=O) groups excluding carboxylic acids is 1. The highest BCUT2D eigenvalue weighted by Crippen LogP contribution is 2.35. The summed E-state index contributed by atoms with van der Waals surface area (Å²) >= 11 is 6.25. The van der Waals surface area contributed by atoms with Crippen LogP contribution < -0.4 is 5.73 Å². The van der Waals surface area contributed by atoms with Gasteiger partial charge in [-0.2, -0.15) is 0 Å². The Balaban J connectivity index is 2.36. The van der Waals surface area contributed by atoms with Crippen LogP contribution in [0.15, 0.2) is 48.5 Å². The Morgan fingerprint density at radius 2 is 1.70 bits per heavy atom. The first-order valence-electron chi connectivity index (χ1n) is 7.83. The maximum atomic E-state index is 11.7. The molecule has 23 heavy (non-hydrogen) atoms. The third-order valence-electron chi connectivity index (χ3n) is 4.21. The second kappa shape index (κ2) is 7.62. The van der Waals surface area contributed by atoms with Crippen molar-refractivity contribution >= 4 is 17.6 Å². The van der Waals surface area contributed by atoms with Gasteiger partial charge in [0.25, 0.3) is 0 Å². The molecule has 0 spiro atoms. The maximum Gasteiger partial charge on any atom is 0.320 e. The highest BCUT2D eigenvalue weighted by Gasteiger charge is 2.32. The highest BCUT2D eigenvalue weighted by atomic mass is 35.5. The molecule has 0 unspecified atom stereocenters. The lowest BCUT2D eigenvalue weighted by atomic mass is 9.87. The van der Waals surface area contributed by atoms with E-state index >= 15 is 0 Å². The van der Waals surface area contributed by atoms with Crippen molar-refractivity contribution in [3.8, 4) is 11.1 Å². The Morgan fingerprint density at radius 3 is 2.22 bits per heavy atom. The molecule has 0 heterocycles. The van der Waals surface area contributed by atoms with Crippen molar-refractivity contribution in [1.29, 1.82) is 0 Å². The van der Waals surface area contributed by atoms with Gasteiger partial charge < -0.3 is 10.5 Å². The molecule has 0 radical (unpaired) electrons. The van der Waals surface area contributed by atoms with Crippen molar-refractivity contribution in [3.05, 3.63) is 59.1 Å². The van der Waals surface area contributed by atoms with Crippen LogP contribution in [0.3, 0.4) is 0 Å². The van der Waals surface area contributed by atoms with Crippen molar-refractivity contribution in [2.24, 2.45) is 5.73 Å². The number of rotatable bonds is 6. The van der Waals surface area contributed by atoms with Crippen LogP contribution in [0.25, 0.3) is 11.1 Å². The van der Waals surface area contributed by atoms with Crippen LogP contribution in [0.5, 0.6) is 0 Å². The molecular weight excluding hydrogens is 310 g/mol. The van der Waals surface area contributed by atoms with Crippen molar-refractivity contribution in [3.63, 3.8) is 0 Å². The number of halogens is 1. The minimum atomic E-state index is -0.629. The quantitative estimate of drug-likeness (QED) is 0.791. The van der Waals surface area contributed by atoms with Crippen LogP contribution >= 0.6 is 11.6 Å². The second-order valence-electron chi connectivity index (χ2n) is 5.44. The Hall–Kier alpha value is -1.84. The third-order valence-corrected chi connectivity index (χ3v) is 4.54. The predicted molar refractivity (Wildman–Crippen MR) is 94.3 cm³/mol. The summed E-state index contributed by atoms with van der Waals surface area (Å²) in [6.45, 7) is 3.91. The summed E-state index contributed by atoms with van der Waals surface area (Å²) in [5.74, 6) is -0.385. The van der Waals surface area contributed by atoms with Gasteiger partial charge in [-0.25, -0.2) is 0 Å². The average molecular weight is 332 g/mol. The Bertz CT molecular complexity index is 663. The minimum Gasteiger partial charge on any atom is -0.453 e. The summed E-state index contributed by atoms with van der Waals surface area (Å²) < 4.78 is 5.65. The first-order chi connectivity index (χ1) is 11.1. The lowest BCUT2D eigenvalue weighted by Gasteiger charge is -2.32. The summed E-state index contributed by atoms with van der Waals surface area (Å²) in [6.07, 6.45) is 1.39. The molecule has 0 bridgehead atoms. The largest absolute Gasteiger partial charge is 0.453 e. The zero-order valence-corrected chi connectivity index (χ0v) is 14.3. The molecule has 122 valence electrons. The zero-order chi connectivity index (χ0) is 16.9. The van der Waals surface area contributed by atoms with Crippen molar-refractivity contribution < 1.29 is 9.53 Å². The van der Waals surface area contributed by atoms with E-state index in [-0.39, 0.29) is 12.5 Å². The fourth-order valence-corrected chi connectivity index (χ4v) is 3.01. The number of hydrogen-bond acceptors (Lipinski definition) is 3. The van der Waals surface area contributed by atoms with Crippen LogP contribution in [-0.4, -0.2) is 12.5 Å².